The number of allylic oxidation sites excluding steroid dienone is 1. The maximum atomic E-state index is 12.1. The number of hydrogen-bond acceptors (Lipinski definition) is 8. The van der Waals surface area contributed by atoms with Gasteiger partial charge in [-0.1, -0.05) is 0 Å². The molecule has 138 valence electrons. The van der Waals surface area contributed by atoms with Gasteiger partial charge in [0.05, 0.1) is 4.92 Å². The monoisotopic (exact) mass is 352 g/mol. The second kappa shape index (κ2) is 6.96. The molecule has 0 aliphatic carbocycles. The third kappa shape index (κ3) is 3.31. The van der Waals surface area contributed by atoms with E-state index in [0.717, 1.165) is 38.6 Å². The molecule has 3 heterocycles. The molecule has 0 saturated carbocycles. The van der Waals surface area contributed by atoms with Crippen molar-refractivity contribution in [2.75, 3.05) is 46.3 Å². The summed E-state index contributed by atoms with van der Waals surface area (Å²) in [6.45, 7) is 3.83. The lowest BCUT2D eigenvalue weighted by molar-refractivity contribution is -0.417. The number of piperidine rings is 1. The van der Waals surface area contributed by atoms with Crippen LogP contribution in [-0.2, 0) is 4.79 Å². The average Bonchev–Trinajstić information content (AvgIpc) is 2.62. The molecule has 2 fully saturated rings. The average molecular weight is 352 g/mol. The summed E-state index contributed by atoms with van der Waals surface area (Å²) in [4.78, 5) is 32.9. The van der Waals surface area contributed by atoms with E-state index in [1.54, 1.807) is 4.90 Å². The summed E-state index contributed by atoms with van der Waals surface area (Å²) in [5.74, 6) is -2.57. The van der Waals surface area contributed by atoms with Crippen LogP contribution in [-0.4, -0.2) is 89.0 Å². The van der Waals surface area contributed by atoms with Crippen molar-refractivity contribution >= 4 is 12.2 Å². The summed E-state index contributed by atoms with van der Waals surface area (Å²) < 4.78 is 0. The Kier molecular flexibility index (Phi) is 4.91. The van der Waals surface area contributed by atoms with E-state index in [1.807, 2.05) is 11.9 Å². The van der Waals surface area contributed by atoms with Crippen LogP contribution in [0.15, 0.2) is 16.5 Å². The van der Waals surface area contributed by atoms with E-state index in [9.17, 15) is 20.0 Å². The maximum absolute atomic E-state index is 12.1. The van der Waals surface area contributed by atoms with Crippen LogP contribution in [0.25, 0.3) is 0 Å². The van der Waals surface area contributed by atoms with Gasteiger partial charge in [-0.2, -0.15) is 0 Å². The number of carbonyl (C=O) groups is 1. The predicted octanol–water partition coefficient (Wildman–Crippen LogP) is -0.422. The number of piperazine rings is 1. The minimum absolute atomic E-state index is 0.173. The zero-order valence-corrected chi connectivity index (χ0v) is 14.3. The number of nitrogens with one attached hydrogen (secondary N) is 1. The van der Waals surface area contributed by atoms with Crippen LogP contribution in [0.1, 0.15) is 19.3 Å². The molecule has 2 N–H and O–H groups in total. The second-order valence-electron chi connectivity index (χ2n) is 6.69. The topological polar surface area (TPSA) is 115 Å². The minimum atomic E-state index is -1.69. The van der Waals surface area contributed by atoms with Crippen molar-refractivity contribution in [3.05, 3.63) is 21.6 Å². The number of nitro groups is 1. The molecule has 1 atom stereocenters. The molecule has 25 heavy (non-hydrogen) atoms. The molecule has 0 amide bonds. The van der Waals surface area contributed by atoms with Crippen LogP contribution in [0.4, 0.5) is 0 Å². The third-order valence-corrected chi connectivity index (χ3v) is 5.04. The number of aliphatic imine (C=N–C) groups is 1. The quantitative estimate of drug-likeness (QED) is 0.518. The highest BCUT2D eigenvalue weighted by Gasteiger charge is 2.50. The molecule has 0 radical (unpaired) electrons. The predicted molar refractivity (Wildman–Crippen MR) is 90.5 cm³/mol. The molecular weight excluding hydrogens is 328 g/mol. The summed E-state index contributed by atoms with van der Waals surface area (Å²) in [6.07, 6.45) is 4.05. The van der Waals surface area contributed by atoms with Gasteiger partial charge in [0.25, 0.3) is 5.79 Å². The van der Waals surface area contributed by atoms with E-state index < -0.39 is 16.7 Å². The zero-order valence-electron chi connectivity index (χ0n) is 14.3. The van der Waals surface area contributed by atoms with Crippen LogP contribution in [0, 0.1) is 10.1 Å². The Bertz CT molecular complexity index is 607. The molecule has 0 aromatic carbocycles. The zero-order chi connectivity index (χ0) is 18.0. The Hall–Kier alpha value is -2.20. The molecule has 0 aromatic heterocycles. The van der Waals surface area contributed by atoms with Crippen LogP contribution >= 0.6 is 0 Å². The highest BCUT2D eigenvalue weighted by molar-refractivity contribution is 5.86. The van der Waals surface area contributed by atoms with Crippen LogP contribution in [0.3, 0.4) is 0 Å². The SMILES string of the molecule is CN1CCN(C2(C(=O)O)N=CC([N+](=O)[O-])=C(N3CCCCC3)N2)CC1. The highest BCUT2D eigenvalue weighted by Crippen LogP contribution is 2.26. The molecule has 3 rings (SSSR count). The Morgan fingerprint density at radius 1 is 1.24 bits per heavy atom. The van der Waals surface area contributed by atoms with Gasteiger partial charge in [0.2, 0.25) is 0 Å². The van der Waals surface area contributed by atoms with Gasteiger partial charge in [-0.3, -0.25) is 10.1 Å². The van der Waals surface area contributed by atoms with Crippen LogP contribution in [0.5, 0.6) is 0 Å². The Labute approximate surface area is 145 Å². The van der Waals surface area contributed by atoms with Gasteiger partial charge in [-0.15, -0.1) is 0 Å². The molecule has 3 aliphatic heterocycles. The van der Waals surface area contributed by atoms with E-state index in [0.29, 0.717) is 26.2 Å². The van der Waals surface area contributed by atoms with Crippen molar-refractivity contribution < 1.29 is 14.8 Å². The normalized spacial score (nSPS) is 28.8. The van der Waals surface area contributed by atoms with Crippen molar-refractivity contribution in [1.82, 2.24) is 20.0 Å². The lowest BCUT2D eigenvalue weighted by Gasteiger charge is -2.45. The number of likely N-dealkylation sites (tertiary alicyclic amines) is 1. The van der Waals surface area contributed by atoms with Gasteiger partial charge < -0.3 is 20.2 Å². The van der Waals surface area contributed by atoms with E-state index >= 15 is 0 Å². The van der Waals surface area contributed by atoms with E-state index in [4.69, 9.17) is 0 Å². The number of aliphatic carboxylic acids is 1. The number of nitrogens with zero attached hydrogens (tertiary/aromatic N) is 5. The van der Waals surface area contributed by atoms with Crippen molar-refractivity contribution in [2.45, 2.75) is 25.0 Å². The second-order valence-corrected chi connectivity index (χ2v) is 6.69. The molecule has 1 unspecified atom stereocenters. The maximum Gasteiger partial charge on any atom is 0.369 e. The number of carboxylic acid groups (broad SMARTS) is 1. The molecule has 10 heteroatoms. The lowest BCUT2D eigenvalue weighted by atomic mass is 10.1. The summed E-state index contributed by atoms with van der Waals surface area (Å²) in [5, 5.41) is 24.3. The number of carboxylic acids is 1. The fraction of sp³-hybridized carbons (Fsp3) is 0.733. The van der Waals surface area contributed by atoms with Crippen LogP contribution < -0.4 is 5.32 Å². The van der Waals surface area contributed by atoms with Gasteiger partial charge in [-0.25, -0.2) is 14.7 Å². The van der Waals surface area contributed by atoms with Crippen molar-refractivity contribution in [1.29, 1.82) is 0 Å². The Balaban J connectivity index is 1.93. The fourth-order valence-corrected chi connectivity index (χ4v) is 3.50. The number of likely N-dealkylation sites (N-methyl/N-ethyl adjacent to an activating group) is 1. The first-order valence-corrected chi connectivity index (χ1v) is 8.58. The number of hydrogen-bond donors (Lipinski definition) is 2. The molecule has 10 nitrogen and oxygen atoms in total. The standard InChI is InChI=1S/C15H24N6O4/c1-18-7-9-20(10-8-18)15(14(22)23)16-11-12(21(24)25)13(17-15)19-5-3-2-4-6-19/h11,17H,2-10H2,1H3,(H,22,23). The smallest absolute Gasteiger partial charge is 0.369 e. The third-order valence-electron chi connectivity index (χ3n) is 5.04. The molecule has 3 aliphatic rings. The highest BCUT2D eigenvalue weighted by atomic mass is 16.6. The fourth-order valence-electron chi connectivity index (χ4n) is 3.50. The van der Waals surface area contributed by atoms with Gasteiger partial charge >= 0.3 is 11.7 Å². The molecular formula is C15H24N6O4. The lowest BCUT2D eigenvalue weighted by Crippen LogP contribution is -2.68. The molecule has 0 spiro atoms. The minimum Gasteiger partial charge on any atom is -0.477 e. The first kappa shape index (κ1) is 17.6. The largest absolute Gasteiger partial charge is 0.477 e. The summed E-state index contributed by atoms with van der Waals surface area (Å²) in [5.41, 5.74) is -0.173. The van der Waals surface area contributed by atoms with Crippen molar-refractivity contribution in [3.8, 4) is 0 Å². The van der Waals surface area contributed by atoms with Gasteiger partial charge in [0, 0.05) is 39.3 Å². The van der Waals surface area contributed by atoms with Gasteiger partial charge in [0.15, 0.2) is 5.82 Å². The van der Waals surface area contributed by atoms with Crippen molar-refractivity contribution in [2.24, 2.45) is 4.99 Å². The number of rotatable bonds is 4. The first-order chi connectivity index (χ1) is 11.9. The van der Waals surface area contributed by atoms with Gasteiger partial charge in [-0.05, 0) is 26.3 Å². The van der Waals surface area contributed by atoms with Crippen LogP contribution in [0.2, 0.25) is 0 Å². The van der Waals surface area contributed by atoms with Crippen molar-refractivity contribution in [3.63, 3.8) is 0 Å². The molecule has 2 saturated heterocycles. The first-order valence-electron chi connectivity index (χ1n) is 8.58. The summed E-state index contributed by atoms with van der Waals surface area (Å²) in [7, 11) is 1.98. The van der Waals surface area contributed by atoms with E-state index in [1.165, 1.54) is 0 Å². The molecule has 0 aromatic rings. The summed E-state index contributed by atoms with van der Waals surface area (Å²) >= 11 is 0. The molecule has 0 bridgehead atoms. The van der Waals surface area contributed by atoms with E-state index in [-0.39, 0.29) is 11.5 Å². The Morgan fingerprint density at radius 2 is 1.88 bits per heavy atom. The van der Waals surface area contributed by atoms with E-state index in [2.05, 4.69) is 15.2 Å². The summed E-state index contributed by atoms with van der Waals surface area (Å²) in [6, 6.07) is 0. The van der Waals surface area contributed by atoms with Gasteiger partial charge in [0.1, 0.15) is 6.21 Å². The Morgan fingerprint density at radius 3 is 2.44 bits per heavy atom.